The number of carbonyl (C=O) groups excluding carboxylic acids is 2. The molecule has 0 spiro atoms. The van der Waals surface area contributed by atoms with Crippen molar-refractivity contribution in [1.29, 1.82) is 0 Å². The Morgan fingerprint density at radius 2 is 1.96 bits per heavy atom. The second kappa shape index (κ2) is 7.39. The first-order valence-corrected chi connectivity index (χ1v) is 10.0. The van der Waals surface area contributed by atoms with Crippen molar-refractivity contribution in [2.45, 2.75) is 23.8 Å². The number of thioether (sulfide) groups is 1. The predicted octanol–water partition coefficient (Wildman–Crippen LogP) is 3.47. The average molecular weight is 492 g/mol. The van der Waals surface area contributed by atoms with Gasteiger partial charge in [-0.05, 0) is 65.9 Å². The molecule has 1 atom stereocenters. The van der Waals surface area contributed by atoms with Gasteiger partial charge in [0.25, 0.3) is 0 Å². The molecule has 0 saturated carbocycles. The summed E-state index contributed by atoms with van der Waals surface area (Å²) in [5.41, 5.74) is 1.11. The minimum absolute atomic E-state index is 0.100. The standard InChI is InChI=1S/C18H13IN4O3S/c1-10-2-7-14(26-10)13-9-20-22-18(21-13)27-15-8-16(24)23(17(15)25)12-5-3-11(19)4-6-12/h2-7,9,15H,8H2,1H3. The number of benzene rings is 1. The van der Waals surface area contributed by atoms with Gasteiger partial charge in [-0.1, -0.05) is 11.8 Å². The van der Waals surface area contributed by atoms with E-state index in [1.807, 2.05) is 25.1 Å². The van der Waals surface area contributed by atoms with Gasteiger partial charge in [-0.15, -0.1) is 5.10 Å². The molecule has 9 heteroatoms. The Labute approximate surface area is 172 Å². The van der Waals surface area contributed by atoms with Crippen LogP contribution in [0.5, 0.6) is 0 Å². The summed E-state index contributed by atoms with van der Waals surface area (Å²) in [6.07, 6.45) is 1.60. The Balaban J connectivity index is 1.54. The third-order valence-electron chi connectivity index (χ3n) is 3.97. The number of rotatable bonds is 4. The van der Waals surface area contributed by atoms with Gasteiger partial charge in [0.15, 0.2) is 5.76 Å². The van der Waals surface area contributed by atoms with E-state index in [1.165, 1.54) is 11.1 Å². The number of anilines is 1. The molecular weight excluding hydrogens is 479 g/mol. The first-order valence-electron chi connectivity index (χ1n) is 8.07. The number of furan rings is 1. The Kier molecular flexibility index (Phi) is 4.96. The highest BCUT2D eigenvalue weighted by Gasteiger charge is 2.40. The van der Waals surface area contributed by atoms with E-state index in [4.69, 9.17) is 4.42 Å². The van der Waals surface area contributed by atoms with E-state index >= 15 is 0 Å². The topological polar surface area (TPSA) is 89.2 Å². The summed E-state index contributed by atoms with van der Waals surface area (Å²) in [5.74, 6) is 0.847. The van der Waals surface area contributed by atoms with Gasteiger partial charge in [0.05, 0.1) is 11.9 Å². The molecule has 27 heavy (non-hydrogen) atoms. The average Bonchev–Trinajstić information content (AvgIpc) is 3.20. The van der Waals surface area contributed by atoms with Crippen molar-refractivity contribution in [3.63, 3.8) is 0 Å². The molecule has 0 radical (unpaired) electrons. The van der Waals surface area contributed by atoms with Crippen molar-refractivity contribution < 1.29 is 14.0 Å². The first kappa shape index (κ1) is 18.1. The third kappa shape index (κ3) is 3.74. The summed E-state index contributed by atoms with van der Waals surface area (Å²) < 4.78 is 6.58. The second-order valence-corrected chi connectivity index (χ2v) is 8.30. The van der Waals surface area contributed by atoms with Crippen LogP contribution < -0.4 is 4.90 Å². The molecule has 1 fully saturated rings. The minimum atomic E-state index is -0.577. The predicted molar refractivity (Wildman–Crippen MR) is 108 cm³/mol. The lowest BCUT2D eigenvalue weighted by Gasteiger charge is -2.14. The highest BCUT2D eigenvalue weighted by molar-refractivity contribution is 14.1. The van der Waals surface area contributed by atoms with Crippen LogP contribution in [0.15, 0.2) is 52.2 Å². The number of hydrogen-bond donors (Lipinski definition) is 0. The number of halogens is 1. The second-order valence-electron chi connectivity index (χ2n) is 5.89. The largest absolute Gasteiger partial charge is 0.460 e. The lowest BCUT2D eigenvalue weighted by molar-refractivity contribution is -0.121. The van der Waals surface area contributed by atoms with E-state index in [-0.39, 0.29) is 18.2 Å². The normalized spacial score (nSPS) is 17.0. The summed E-state index contributed by atoms with van der Waals surface area (Å²) in [4.78, 5) is 30.8. The van der Waals surface area contributed by atoms with Gasteiger partial charge in [0.1, 0.15) is 16.7 Å². The monoisotopic (exact) mass is 492 g/mol. The Hall–Kier alpha value is -2.27. The molecule has 1 aliphatic rings. The lowest BCUT2D eigenvalue weighted by atomic mass is 10.3. The SMILES string of the molecule is Cc1ccc(-c2cnnc(SC3CC(=O)N(c4ccc(I)cc4)C3=O)n2)o1. The number of aromatic nitrogens is 3. The maximum atomic E-state index is 12.8. The van der Waals surface area contributed by atoms with Crippen molar-refractivity contribution in [2.24, 2.45) is 0 Å². The van der Waals surface area contributed by atoms with Gasteiger partial charge in [-0.25, -0.2) is 9.88 Å². The van der Waals surface area contributed by atoms with E-state index in [9.17, 15) is 9.59 Å². The van der Waals surface area contributed by atoms with E-state index in [0.29, 0.717) is 22.3 Å². The molecule has 2 amide bonds. The molecule has 0 aliphatic carbocycles. The molecular formula is C18H13IN4O3S. The molecule has 1 aromatic carbocycles. The molecule has 1 aliphatic heterocycles. The van der Waals surface area contributed by atoms with E-state index in [2.05, 4.69) is 37.8 Å². The van der Waals surface area contributed by atoms with Gasteiger partial charge in [-0.3, -0.25) is 9.59 Å². The molecule has 1 saturated heterocycles. The maximum Gasteiger partial charge on any atom is 0.247 e. The summed E-state index contributed by atoms with van der Waals surface area (Å²) in [7, 11) is 0. The van der Waals surface area contributed by atoms with E-state index < -0.39 is 5.25 Å². The summed E-state index contributed by atoms with van der Waals surface area (Å²) >= 11 is 3.32. The molecule has 136 valence electrons. The smallest absolute Gasteiger partial charge is 0.247 e. The number of hydrogen-bond acceptors (Lipinski definition) is 7. The van der Waals surface area contributed by atoms with Crippen molar-refractivity contribution in [3.05, 3.63) is 51.9 Å². The van der Waals surface area contributed by atoms with Crippen LogP contribution in [0.25, 0.3) is 11.5 Å². The third-order valence-corrected chi connectivity index (χ3v) is 5.73. The quantitative estimate of drug-likeness (QED) is 0.407. The molecule has 3 heterocycles. The molecule has 0 N–H and O–H groups in total. The van der Waals surface area contributed by atoms with Crippen LogP contribution in [-0.4, -0.2) is 32.2 Å². The van der Waals surface area contributed by atoms with Gasteiger partial charge < -0.3 is 4.42 Å². The summed E-state index contributed by atoms with van der Waals surface area (Å²) in [5, 5.41) is 7.67. The van der Waals surface area contributed by atoms with Crippen LogP contribution >= 0.6 is 34.4 Å². The summed E-state index contributed by atoms with van der Waals surface area (Å²) in [6, 6.07) is 10.9. The highest BCUT2D eigenvalue weighted by atomic mass is 127. The van der Waals surface area contributed by atoms with Gasteiger partial charge >= 0.3 is 0 Å². The van der Waals surface area contributed by atoms with E-state index in [1.54, 1.807) is 18.2 Å². The van der Waals surface area contributed by atoms with Crippen LogP contribution in [0, 0.1) is 10.5 Å². The minimum Gasteiger partial charge on any atom is -0.460 e. The van der Waals surface area contributed by atoms with Crippen molar-refractivity contribution >= 4 is 51.9 Å². The van der Waals surface area contributed by atoms with Crippen LogP contribution in [0.4, 0.5) is 5.69 Å². The zero-order valence-electron chi connectivity index (χ0n) is 14.1. The number of aryl methyl sites for hydroxylation is 1. The van der Waals surface area contributed by atoms with Gasteiger partial charge in [0.2, 0.25) is 17.0 Å². The molecule has 1 unspecified atom stereocenters. The number of amides is 2. The van der Waals surface area contributed by atoms with Crippen molar-refractivity contribution in [1.82, 2.24) is 15.2 Å². The molecule has 4 rings (SSSR count). The van der Waals surface area contributed by atoms with Crippen LogP contribution in [0.3, 0.4) is 0 Å². The van der Waals surface area contributed by atoms with Crippen molar-refractivity contribution in [3.8, 4) is 11.5 Å². The van der Waals surface area contributed by atoms with Gasteiger partial charge in [0, 0.05) is 9.99 Å². The van der Waals surface area contributed by atoms with Crippen LogP contribution in [0.1, 0.15) is 12.2 Å². The molecule has 7 nitrogen and oxygen atoms in total. The molecule has 0 bridgehead atoms. The molecule has 2 aromatic heterocycles. The van der Waals surface area contributed by atoms with E-state index in [0.717, 1.165) is 21.1 Å². The fourth-order valence-electron chi connectivity index (χ4n) is 2.71. The Morgan fingerprint density at radius 1 is 1.19 bits per heavy atom. The lowest BCUT2D eigenvalue weighted by Crippen LogP contribution is -2.31. The fraction of sp³-hybridized carbons (Fsp3) is 0.167. The first-order chi connectivity index (χ1) is 13.0. The number of carbonyl (C=O) groups is 2. The number of nitrogens with zero attached hydrogens (tertiary/aromatic N) is 4. The Morgan fingerprint density at radius 3 is 2.67 bits per heavy atom. The van der Waals surface area contributed by atoms with Crippen molar-refractivity contribution in [2.75, 3.05) is 4.90 Å². The number of imide groups is 1. The highest BCUT2D eigenvalue weighted by Crippen LogP contribution is 2.33. The van der Waals surface area contributed by atoms with Crippen LogP contribution in [0.2, 0.25) is 0 Å². The fourth-order valence-corrected chi connectivity index (χ4v) is 4.00. The maximum absolute atomic E-state index is 12.8. The molecule has 3 aromatic rings. The zero-order valence-corrected chi connectivity index (χ0v) is 17.1. The zero-order chi connectivity index (χ0) is 19.0. The Bertz CT molecular complexity index is 1020. The summed E-state index contributed by atoms with van der Waals surface area (Å²) in [6.45, 7) is 1.84. The van der Waals surface area contributed by atoms with Crippen LogP contribution in [-0.2, 0) is 9.59 Å². The van der Waals surface area contributed by atoms with Gasteiger partial charge in [-0.2, -0.15) is 5.10 Å².